The van der Waals surface area contributed by atoms with E-state index in [0.717, 1.165) is 12.1 Å². The van der Waals surface area contributed by atoms with Crippen LogP contribution in [0.5, 0.6) is 0 Å². The van der Waals surface area contributed by atoms with Crippen LogP contribution in [0.15, 0.2) is 23.9 Å². The monoisotopic (exact) mass is 137 g/mol. The molecule has 3 heteroatoms. The van der Waals surface area contributed by atoms with Crippen LogP contribution in [-0.4, -0.2) is 11.0 Å². The van der Waals surface area contributed by atoms with Crippen molar-refractivity contribution in [2.75, 3.05) is 0 Å². The lowest BCUT2D eigenvalue weighted by atomic mass is 10.3. The Hall–Kier alpha value is -1.34. The van der Waals surface area contributed by atoms with Gasteiger partial charge in [0.05, 0.1) is 0 Å². The molecule has 0 rings (SSSR count). The van der Waals surface area contributed by atoms with E-state index in [2.05, 4.69) is 4.79 Å². The third-order valence-corrected chi connectivity index (χ3v) is 0.982. The normalized spacial score (nSPS) is 11.5. The Kier molecular flexibility index (Phi) is 5.01. The van der Waals surface area contributed by atoms with E-state index in [1.54, 1.807) is 18.2 Å². The molecule has 0 aliphatic carbocycles. The predicted octanol–water partition coefficient (Wildman–Crippen LogP) is 1.10. The first-order valence-electron chi connectivity index (χ1n) is 3.10. The number of rotatable bonds is 3. The lowest BCUT2D eigenvalue weighted by Gasteiger charge is -1.87. The zero-order valence-electron chi connectivity index (χ0n) is 5.99. The van der Waals surface area contributed by atoms with Crippen molar-refractivity contribution in [2.45, 2.75) is 13.3 Å². The molecule has 0 unspecified atom stereocenters. The highest BCUT2D eigenvalue weighted by Gasteiger charge is 1.77. The van der Waals surface area contributed by atoms with Crippen molar-refractivity contribution in [3.8, 4) is 0 Å². The van der Waals surface area contributed by atoms with Gasteiger partial charge in [-0.3, -0.25) is 0 Å². The second-order valence-electron chi connectivity index (χ2n) is 1.74. The summed E-state index contributed by atoms with van der Waals surface area (Å²) in [7, 11) is 0. The second kappa shape index (κ2) is 5.79. The van der Waals surface area contributed by atoms with Crippen molar-refractivity contribution in [3.63, 3.8) is 0 Å². The number of hydrogen-bond acceptors (Lipinski definition) is 1. The van der Waals surface area contributed by atoms with E-state index in [-0.39, 0.29) is 0 Å². The second-order valence-corrected chi connectivity index (χ2v) is 1.74. The van der Waals surface area contributed by atoms with Gasteiger partial charge in [-0.25, -0.2) is 0 Å². The summed E-state index contributed by atoms with van der Waals surface area (Å²) < 4.78 is 0. The topological polar surface area (TPSA) is 62.4 Å². The molecule has 0 saturated heterocycles. The Bertz CT molecular complexity index is 185. The van der Waals surface area contributed by atoms with E-state index in [1.165, 1.54) is 6.21 Å². The Morgan fingerprint density at radius 2 is 2.30 bits per heavy atom. The van der Waals surface area contributed by atoms with Gasteiger partial charge < -0.3 is 11.3 Å². The number of hydrogen-bond donors (Lipinski definition) is 1. The Balaban J connectivity index is 3.81. The minimum Gasteiger partial charge on any atom is -0.402 e. The molecule has 0 aromatic heterocycles. The van der Waals surface area contributed by atoms with E-state index in [4.69, 9.17) is 11.3 Å². The first-order chi connectivity index (χ1) is 4.81. The smallest absolute Gasteiger partial charge is 0.280 e. The lowest BCUT2D eigenvalue weighted by Crippen LogP contribution is -1.92. The quantitative estimate of drug-likeness (QED) is 0.269. The molecule has 0 aliphatic heterocycles. The van der Waals surface area contributed by atoms with Crippen LogP contribution in [0, 0.1) is 0 Å². The van der Waals surface area contributed by atoms with Crippen molar-refractivity contribution >= 4 is 6.21 Å². The van der Waals surface area contributed by atoms with Gasteiger partial charge in [0, 0.05) is 11.8 Å². The molecule has 0 heterocycles. The average Bonchev–Trinajstić information content (AvgIpc) is 1.98. The molecule has 3 nitrogen and oxygen atoms in total. The Morgan fingerprint density at radius 1 is 1.60 bits per heavy atom. The molecule has 0 aromatic carbocycles. The molecule has 0 atom stereocenters. The maximum Gasteiger partial charge on any atom is 0.280 e. The van der Waals surface area contributed by atoms with Crippen molar-refractivity contribution in [1.29, 1.82) is 0 Å². The summed E-state index contributed by atoms with van der Waals surface area (Å²) in [5.41, 5.74) is 14.2. The predicted molar refractivity (Wildman–Crippen MR) is 41.4 cm³/mol. The molecule has 0 saturated carbocycles. The van der Waals surface area contributed by atoms with Crippen molar-refractivity contribution < 1.29 is 4.79 Å². The van der Waals surface area contributed by atoms with Gasteiger partial charge in [-0.2, -0.15) is 4.79 Å². The summed E-state index contributed by atoms with van der Waals surface area (Å²) in [5.74, 6) is 0. The number of allylic oxidation sites excluding steroid dienone is 4. The first-order valence-corrected chi connectivity index (χ1v) is 3.10. The van der Waals surface area contributed by atoms with Gasteiger partial charge in [0.1, 0.15) is 0 Å². The van der Waals surface area contributed by atoms with E-state index in [1.807, 2.05) is 6.92 Å². The molecule has 0 amide bonds. The van der Waals surface area contributed by atoms with Crippen LogP contribution >= 0.6 is 0 Å². The molecule has 10 heavy (non-hydrogen) atoms. The fourth-order valence-electron chi connectivity index (χ4n) is 0.385. The van der Waals surface area contributed by atoms with Gasteiger partial charge in [-0.15, -0.1) is 0 Å². The van der Waals surface area contributed by atoms with Crippen molar-refractivity contribution in [1.82, 2.24) is 0 Å². The van der Waals surface area contributed by atoms with Crippen molar-refractivity contribution in [2.24, 2.45) is 5.73 Å². The van der Waals surface area contributed by atoms with Crippen LogP contribution in [-0.2, 0) is 0 Å². The van der Waals surface area contributed by atoms with Gasteiger partial charge in [0.2, 0.25) is 0 Å². The summed E-state index contributed by atoms with van der Waals surface area (Å²) in [6.07, 6.45) is 7.20. The van der Waals surface area contributed by atoms with Crippen LogP contribution in [0.4, 0.5) is 0 Å². The number of nitrogens with two attached hydrogens (primary N) is 1. The summed E-state index contributed by atoms with van der Waals surface area (Å²) >= 11 is 0. The van der Waals surface area contributed by atoms with E-state index < -0.39 is 0 Å². The molecule has 0 fully saturated rings. The zero-order valence-corrected chi connectivity index (χ0v) is 5.99. The molecule has 54 valence electrons. The Labute approximate surface area is 60.5 Å². The van der Waals surface area contributed by atoms with E-state index in [9.17, 15) is 0 Å². The first kappa shape index (κ1) is 8.66. The maximum atomic E-state index is 7.95. The van der Waals surface area contributed by atoms with Gasteiger partial charge in [0.25, 0.3) is 6.21 Å². The van der Waals surface area contributed by atoms with Crippen LogP contribution in [0.2, 0.25) is 0 Å². The van der Waals surface area contributed by atoms with Gasteiger partial charge >= 0.3 is 0 Å². The summed E-state index contributed by atoms with van der Waals surface area (Å²) in [4.78, 5) is 2.78. The minimum absolute atomic E-state index is 0.808. The highest BCUT2D eigenvalue weighted by molar-refractivity contribution is 5.65. The molecule has 0 spiro atoms. The average molecular weight is 137 g/mol. The molecular weight excluding hydrogens is 126 g/mol. The van der Waals surface area contributed by atoms with Crippen LogP contribution in [0.3, 0.4) is 0 Å². The summed E-state index contributed by atoms with van der Waals surface area (Å²) in [5, 5.41) is 0. The lowest BCUT2D eigenvalue weighted by molar-refractivity contribution is 0.00514. The zero-order chi connectivity index (χ0) is 7.82. The molecule has 0 radical (unpaired) electrons. The van der Waals surface area contributed by atoms with Gasteiger partial charge in [-0.1, -0.05) is 13.0 Å². The van der Waals surface area contributed by atoms with Gasteiger partial charge in [-0.05, 0) is 12.5 Å². The molecule has 2 N–H and O–H groups in total. The SMILES string of the molecule is CCC(N)=CC=CC=[N+]=[N-]. The third kappa shape index (κ3) is 4.81. The minimum atomic E-state index is 0.808. The molecular formula is C7H11N3. The highest BCUT2D eigenvalue weighted by Crippen LogP contribution is 1.88. The largest absolute Gasteiger partial charge is 0.402 e. The van der Waals surface area contributed by atoms with Gasteiger partial charge in [0.15, 0.2) is 0 Å². The summed E-state index contributed by atoms with van der Waals surface area (Å²) in [6.45, 7) is 1.97. The maximum absolute atomic E-state index is 7.95. The van der Waals surface area contributed by atoms with Crippen LogP contribution < -0.4 is 5.73 Å². The molecule has 0 aromatic rings. The third-order valence-electron chi connectivity index (χ3n) is 0.982. The van der Waals surface area contributed by atoms with E-state index in [0.29, 0.717) is 0 Å². The van der Waals surface area contributed by atoms with Crippen molar-refractivity contribution in [3.05, 3.63) is 29.5 Å². The van der Waals surface area contributed by atoms with Crippen LogP contribution in [0.1, 0.15) is 13.3 Å². The molecule has 0 bridgehead atoms. The highest BCUT2D eigenvalue weighted by atomic mass is 14.8. The van der Waals surface area contributed by atoms with Crippen LogP contribution in [0.25, 0.3) is 5.53 Å². The molecule has 0 aliphatic rings. The number of nitrogens with zero attached hydrogens (tertiary/aromatic N) is 2. The summed E-state index contributed by atoms with van der Waals surface area (Å²) in [6, 6.07) is 0. The van der Waals surface area contributed by atoms with E-state index >= 15 is 0 Å². The fourth-order valence-corrected chi connectivity index (χ4v) is 0.385. The fraction of sp³-hybridized carbons (Fsp3) is 0.286. The Morgan fingerprint density at radius 3 is 2.80 bits per heavy atom. The standard InChI is InChI=1S/C7H11N3/c1-2-7(8)5-3-4-6-10-9/h3-6H,2,8H2,1H3.